The molecule has 1 unspecified atom stereocenters. The van der Waals surface area contributed by atoms with Gasteiger partial charge in [0.2, 0.25) is 9.84 Å². The molecule has 7 nitrogen and oxygen atoms in total. The highest BCUT2D eigenvalue weighted by molar-refractivity contribution is 7.91. The molecule has 0 radical (unpaired) electrons. The third kappa shape index (κ3) is 7.40. The van der Waals surface area contributed by atoms with E-state index < -0.39 is 25.8 Å². The summed E-state index contributed by atoms with van der Waals surface area (Å²) in [4.78, 5) is -0.0711. The SMILES string of the molecule is CCS(=O)(=O)CC(O)CNc1ccc(S(=O)(=O)c2cc(Cl)c(OCCCCl)c(Cl)c2)cc1. The average Bonchev–Trinajstić information content (AvgIpc) is 2.74. The number of alkyl halides is 1. The molecule has 0 saturated carbocycles. The number of hydrogen-bond acceptors (Lipinski definition) is 7. The van der Waals surface area contributed by atoms with E-state index >= 15 is 0 Å². The largest absolute Gasteiger partial charge is 0.490 e. The van der Waals surface area contributed by atoms with Gasteiger partial charge >= 0.3 is 0 Å². The van der Waals surface area contributed by atoms with E-state index in [-0.39, 0.29) is 43.6 Å². The Morgan fingerprint density at radius 2 is 1.62 bits per heavy atom. The monoisotopic (exact) mass is 543 g/mol. The summed E-state index contributed by atoms with van der Waals surface area (Å²) < 4.78 is 54.5. The fourth-order valence-electron chi connectivity index (χ4n) is 2.65. The Labute approximate surface area is 203 Å². The highest BCUT2D eigenvalue weighted by atomic mass is 35.5. The van der Waals surface area contributed by atoms with Crippen LogP contribution < -0.4 is 10.1 Å². The third-order valence-corrected chi connectivity index (χ3v) is 8.75. The maximum absolute atomic E-state index is 13.0. The third-order valence-electron chi connectivity index (χ3n) is 4.40. The van der Waals surface area contributed by atoms with Gasteiger partial charge in [-0.3, -0.25) is 0 Å². The molecule has 0 aliphatic carbocycles. The summed E-state index contributed by atoms with van der Waals surface area (Å²) in [5.74, 6) is 0.200. The maximum atomic E-state index is 13.0. The molecule has 0 heterocycles. The van der Waals surface area contributed by atoms with Gasteiger partial charge in [0, 0.05) is 23.9 Å². The molecule has 2 aromatic rings. The minimum Gasteiger partial charge on any atom is -0.490 e. The van der Waals surface area contributed by atoms with Crippen LogP contribution in [0.5, 0.6) is 5.75 Å². The Morgan fingerprint density at radius 1 is 1.03 bits per heavy atom. The van der Waals surface area contributed by atoms with Crippen LogP contribution in [0, 0.1) is 0 Å². The van der Waals surface area contributed by atoms with Gasteiger partial charge in [-0.2, -0.15) is 0 Å². The van der Waals surface area contributed by atoms with Gasteiger partial charge in [-0.15, -0.1) is 11.6 Å². The van der Waals surface area contributed by atoms with E-state index in [1.165, 1.54) is 43.3 Å². The first-order chi connectivity index (χ1) is 15.0. The molecule has 0 saturated heterocycles. The van der Waals surface area contributed by atoms with Crippen LogP contribution >= 0.6 is 34.8 Å². The maximum Gasteiger partial charge on any atom is 0.206 e. The van der Waals surface area contributed by atoms with Gasteiger partial charge in [-0.05, 0) is 42.8 Å². The van der Waals surface area contributed by atoms with Crippen LogP contribution in [0.25, 0.3) is 0 Å². The lowest BCUT2D eigenvalue weighted by molar-refractivity contribution is 0.210. The van der Waals surface area contributed by atoms with Crippen LogP contribution in [0.3, 0.4) is 0 Å². The first kappa shape index (κ1) is 27.0. The molecule has 12 heteroatoms. The summed E-state index contributed by atoms with van der Waals surface area (Å²) in [6, 6.07) is 8.35. The molecule has 1 atom stereocenters. The molecule has 2 aromatic carbocycles. The van der Waals surface area contributed by atoms with Gasteiger partial charge in [0.05, 0.1) is 38.3 Å². The van der Waals surface area contributed by atoms with Crippen LogP contribution in [-0.4, -0.2) is 58.6 Å². The van der Waals surface area contributed by atoms with Crippen molar-refractivity contribution in [3.05, 3.63) is 46.4 Å². The highest BCUT2D eigenvalue weighted by Gasteiger charge is 2.22. The second-order valence-electron chi connectivity index (χ2n) is 6.87. The second-order valence-corrected chi connectivity index (χ2v) is 12.4. The van der Waals surface area contributed by atoms with Crippen molar-refractivity contribution in [2.24, 2.45) is 0 Å². The van der Waals surface area contributed by atoms with Crippen molar-refractivity contribution in [1.29, 1.82) is 0 Å². The van der Waals surface area contributed by atoms with Crippen LogP contribution in [0.4, 0.5) is 5.69 Å². The number of hydrogen-bond donors (Lipinski definition) is 2. The average molecular weight is 545 g/mol. The van der Waals surface area contributed by atoms with Crippen molar-refractivity contribution in [3.63, 3.8) is 0 Å². The standard InChI is InChI=1S/C20H24Cl3NO6S2/c1-2-31(26,27)13-15(25)12-24-14-4-6-16(7-5-14)32(28,29)17-10-18(22)20(19(23)11-17)30-9-3-8-21/h4-7,10-11,15,24-25H,2-3,8-9,12-13H2,1H3. The molecule has 0 aliphatic heterocycles. The molecule has 0 bridgehead atoms. The van der Waals surface area contributed by atoms with Gasteiger partial charge in [0.25, 0.3) is 0 Å². The van der Waals surface area contributed by atoms with Crippen LogP contribution in [-0.2, 0) is 19.7 Å². The molecule has 0 aromatic heterocycles. The lowest BCUT2D eigenvalue weighted by Crippen LogP contribution is -2.28. The Kier molecular flexibility index (Phi) is 9.93. The number of aliphatic hydroxyl groups is 1. The van der Waals surface area contributed by atoms with Crippen molar-refractivity contribution in [2.75, 3.05) is 35.9 Å². The smallest absolute Gasteiger partial charge is 0.206 e. The van der Waals surface area contributed by atoms with Crippen molar-refractivity contribution in [1.82, 2.24) is 0 Å². The van der Waals surface area contributed by atoms with Crippen LogP contribution in [0.2, 0.25) is 10.0 Å². The van der Waals surface area contributed by atoms with Gasteiger partial charge in [-0.1, -0.05) is 30.1 Å². The van der Waals surface area contributed by atoms with Gasteiger partial charge in [-0.25, -0.2) is 16.8 Å². The van der Waals surface area contributed by atoms with Crippen molar-refractivity contribution in [3.8, 4) is 5.75 Å². The molecule has 178 valence electrons. The minimum atomic E-state index is -3.90. The molecule has 0 fully saturated rings. The zero-order chi connectivity index (χ0) is 23.9. The number of rotatable bonds is 12. The number of aliphatic hydroxyl groups excluding tert-OH is 1. The normalized spacial score (nSPS) is 13.0. The van der Waals surface area contributed by atoms with E-state index in [1.807, 2.05) is 0 Å². The first-order valence-electron chi connectivity index (χ1n) is 9.65. The first-order valence-corrected chi connectivity index (χ1v) is 14.2. The summed E-state index contributed by atoms with van der Waals surface area (Å²) in [5, 5.41) is 12.9. The molecule has 32 heavy (non-hydrogen) atoms. The van der Waals surface area contributed by atoms with Crippen molar-refractivity contribution >= 4 is 60.2 Å². The van der Waals surface area contributed by atoms with E-state index in [4.69, 9.17) is 39.5 Å². The summed E-state index contributed by atoms with van der Waals surface area (Å²) in [7, 11) is -7.21. The number of anilines is 1. The zero-order valence-electron chi connectivity index (χ0n) is 17.2. The molecular weight excluding hydrogens is 521 g/mol. The van der Waals surface area contributed by atoms with E-state index in [0.717, 1.165) is 0 Å². The van der Waals surface area contributed by atoms with Crippen LogP contribution in [0.1, 0.15) is 13.3 Å². The molecule has 2 rings (SSSR count). The summed E-state index contributed by atoms with van der Waals surface area (Å²) in [5.41, 5.74) is 0.524. The van der Waals surface area contributed by atoms with E-state index in [9.17, 15) is 21.9 Å². The fourth-order valence-corrected chi connectivity index (χ4v) is 5.74. The Hall–Kier alpha value is -1.23. The zero-order valence-corrected chi connectivity index (χ0v) is 21.1. The molecule has 0 aliphatic rings. The number of ether oxygens (including phenoxy) is 1. The highest BCUT2D eigenvalue weighted by Crippen LogP contribution is 2.37. The van der Waals surface area contributed by atoms with E-state index in [0.29, 0.717) is 24.6 Å². The number of sulfone groups is 2. The van der Waals surface area contributed by atoms with Gasteiger partial charge < -0.3 is 15.2 Å². The second kappa shape index (κ2) is 11.8. The number of nitrogens with one attached hydrogen (secondary N) is 1. The number of halogens is 3. The minimum absolute atomic E-state index is 0.00171. The predicted octanol–water partition coefficient (Wildman–Crippen LogP) is 4.04. The summed E-state index contributed by atoms with van der Waals surface area (Å²) >= 11 is 18.0. The molecule has 0 amide bonds. The van der Waals surface area contributed by atoms with Crippen molar-refractivity contribution < 1.29 is 26.7 Å². The van der Waals surface area contributed by atoms with Gasteiger partial charge in [0.15, 0.2) is 15.6 Å². The Balaban J connectivity index is 2.13. The number of benzene rings is 2. The summed E-state index contributed by atoms with van der Waals surface area (Å²) in [6.45, 7) is 1.81. The molecule has 0 spiro atoms. The van der Waals surface area contributed by atoms with Gasteiger partial charge in [0.1, 0.15) is 0 Å². The van der Waals surface area contributed by atoms with Crippen molar-refractivity contribution in [2.45, 2.75) is 29.2 Å². The fraction of sp³-hybridized carbons (Fsp3) is 0.400. The topological polar surface area (TPSA) is 110 Å². The lowest BCUT2D eigenvalue weighted by atomic mass is 10.3. The molecule has 2 N–H and O–H groups in total. The predicted molar refractivity (Wildman–Crippen MR) is 128 cm³/mol. The Bertz CT molecular complexity index is 1100. The molecular formula is C20H24Cl3NO6S2. The van der Waals surface area contributed by atoms with Crippen LogP contribution in [0.15, 0.2) is 46.2 Å². The summed E-state index contributed by atoms with van der Waals surface area (Å²) in [6.07, 6.45) is -0.502. The quantitative estimate of drug-likeness (QED) is 0.306. The van der Waals surface area contributed by atoms with E-state index in [2.05, 4.69) is 5.32 Å². The lowest BCUT2D eigenvalue weighted by Gasteiger charge is -2.14. The Morgan fingerprint density at radius 3 is 2.16 bits per heavy atom. The van der Waals surface area contributed by atoms with E-state index in [1.54, 1.807) is 0 Å².